The van der Waals surface area contributed by atoms with Crippen LogP contribution in [0.1, 0.15) is 5.56 Å². The summed E-state index contributed by atoms with van der Waals surface area (Å²) in [5.41, 5.74) is 5.26. The highest BCUT2D eigenvalue weighted by Gasteiger charge is 2.09. The van der Waals surface area contributed by atoms with Crippen molar-refractivity contribution < 1.29 is 14.3 Å². The molecule has 0 aliphatic carbocycles. The normalized spacial score (nSPS) is 10.6. The Balaban J connectivity index is 1.57. The van der Waals surface area contributed by atoms with E-state index in [1.807, 2.05) is 36.4 Å². The van der Waals surface area contributed by atoms with E-state index in [0.29, 0.717) is 22.2 Å². The summed E-state index contributed by atoms with van der Waals surface area (Å²) in [4.78, 5) is 12.1. The van der Waals surface area contributed by atoms with Crippen molar-refractivity contribution in [1.82, 2.24) is 0 Å². The zero-order valence-corrected chi connectivity index (χ0v) is 16.5. The van der Waals surface area contributed by atoms with Gasteiger partial charge >= 0.3 is 0 Å². The minimum absolute atomic E-state index is 0.161. The third-order valence-corrected chi connectivity index (χ3v) is 4.07. The number of amides is 1. The molecule has 0 aromatic heterocycles. The molecule has 3 rings (SSSR count). The average Bonchev–Trinajstić information content (AvgIpc) is 2.73. The molecule has 7 heteroatoms. The molecule has 0 spiro atoms. The number of carbonyl (C=O) groups excluding carboxylic acids is 1. The van der Waals surface area contributed by atoms with Crippen LogP contribution in [0, 0.1) is 0 Å². The number of nitrogens with one attached hydrogen (secondary N) is 2. The lowest BCUT2D eigenvalue weighted by Gasteiger charge is -2.11. The molecule has 2 N–H and O–H groups in total. The van der Waals surface area contributed by atoms with Crippen molar-refractivity contribution in [3.05, 3.63) is 83.4 Å². The molecular weight excluding hydrogens is 390 g/mol. The number of hydrogen-bond donors (Lipinski definition) is 2. The van der Waals surface area contributed by atoms with Gasteiger partial charge in [0, 0.05) is 10.7 Å². The van der Waals surface area contributed by atoms with Crippen molar-refractivity contribution in [1.29, 1.82) is 0 Å². The summed E-state index contributed by atoms with van der Waals surface area (Å²) < 4.78 is 11.0. The fourth-order valence-electron chi connectivity index (χ4n) is 2.48. The number of para-hydroxylation sites is 1. The van der Waals surface area contributed by atoms with E-state index in [1.165, 1.54) is 7.11 Å². The number of methoxy groups -OCH3 is 1. The van der Waals surface area contributed by atoms with Gasteiger partial charge in [-0.2, -0.15) is 5.10 Å². The van der Waals surface area contributed by atoms with Gasteiger partial charge in [0.1, 0.15) is 0 Å². The molecule has 3 aromatic carbocycles. The Morgan fingerprint density at radius 3 is 2.55 bits per heavy atom. The van der Waals surface area contributed by atoms with Gasteiger partial charge in [-0.05, 0) is 54.1 Å². The Labute approximate surface area is 174 Å². The topological polar surface area (TPSA) is 71.9 Å². The Kier molecular flexibility index (Phi) is 7.08. The average molecular weight is 410 g/mol. The quantitative estimate of drug-likeness (QED) is 0.413. The molecule has 0 fully saturated rings. The molecule has 148 valence electrons. The minimum Gasteiger partial charge on any atom is -0.493 e. The van der Waals surface area contributed by atoms with Crippen molar-refractivity contribution in [3.8, 4) is 11.5 Å². The maximum atomic E-state index is 12.1. The molecule has 0 unspecified atom stereocenters. The van der Waals surface area contributed by atoms with Gasteiger partial charge < -0.3 is 14.8 Å². The van der Waals surface area contributed by atoms with E-state index in [1.54, 1.807) is 42.6 Å². The molecule has 29 heavy (non-hydrogen) atoms. The first-order valence-corrected chi connectivity index (χ1v) is 9.22. The number of nitrogens with zero attached hydrogens (tertiary/aromatic N) is 1. The molecule has 0 saturated carbocycles. The summed E-state index contributed by atoms with van der Waals surface area (Å²) in [6.45, 7) is -0.161. The van der Waals surface area contributed by atoms with Crippen LogP contribution in [0.4, 0.5) is 11.4 Å². The summed E-state index contributed by atoms with van der Waals surface area (Å²) in [5.74, 6) is 0.665. The van der Waals surface area contributed by atoms with Crippen LogP contribution in [0.15, 0.2) is 77.9 Å². The second-order valence-corrected chi connectivity index (χ2v) is 6.43. The molecule has 0 saturated heterocycles. The SMILES string of the molecule is COc1cc(/C=N/Nc2ccccc2)ccc1OCC(=O)Nc1cccc(Cl)c1. The highest BCUT2D eigenvalue weighted by atomic mass is 35.5. The first-order chi connectivity index (χ1) is 14.1. The summed E-state index contributed by atoms with van der Waals surface area (Å²) in [5, 5.41) is 7.47. The van der Waals surface area contributed by atoms with Crippen molar-refractivity contribution in [2.24, 2.45) is 5.10 Å². The number of halogens is 1. The van der Waals surface area contributed by atoms with Crippen molar-refractivity contribution in [2.75, 3.05) is 24.5 Å². The molecule has 3 aromatic rings. The first kappa shape index (κ1) is 20.2. The largest absolute Gasteiger partial charge is 0.493 e. The van der Waals surface area contributed by atoms with Crippen LogP contribution in [-0.2, 0) is 4.79 Å². The molecule has 0 radical (unpaired) electrons. The molecule has 0 atom stereocenters. The zero-order chi connectivity index (χ0) is 20.5. The molecular formula is C22H20ClN3O3. The summed E-state index contributed by atoms with van der Waals surface area (Å²) in [6, 6.07) is 21.9. The molecule has 1 amide bonds. The first-order valence-electron chi connectivity index (χ1n) is 8.84. The van der Waals surface area contributed by atoms with E-state index in [9.17, 15) is 4.79 Å². The summed E-state index contributed by atoms with van der Waals surface area (Å²) in [7, 11) is 1.54. The van der Waals surface area contributed by atoms with Gasteiger partial charge in [-0.15, -0.1) is 0 Å². The maximum absolute atomic E-state index is 12.1. The van der Waals surface area contributed by atoms with Gasteiger partial charge in [0.2, 0.25) is 0 Å². The maximum Gasteiger partial charge on any atom is 0.262 e. The van der Waals surface area contributed by atoms with E-state index in [0.717, 1.165) is 11.3 Å². The van der Waals surface area contributed by atoms with Gasteiger partial charge in [-0.25, -0.2) is 0 Å². The van der Waals surface area contributed by atoms with Crippen LogP contribution in [-0.4, -0.2) is 25.8 Å². The Morgan fingerprint density at radius 1 is 1.00 bits per heavy atom. The lowest BCUT2D eigenvalue weighted by Crippen LogP contribution is -2.20. The smallest absolute Gasteiger partial charge is 0.262 e. The van der Waals surface area contributed by atoms with Gasteiger partial charge in [-0.3, -0.25) is 10.2 Å². The van der Waals surface area contributed by atoms with Crippen LogP contribution in [0.3, 0.4) is 0 Å². The second-order valence-electron chi connectivity index (χ2n) is 5.99. The van der Waals surface area contributed by atoms with Crippen molar-refractivity contribution >= 4 is 35.1 Å². The summed E-state index contributed by atoms with van der Waals surface area (Å²) >= 11 is 5.91. The molecule has 0 aliphatic heterocycles. The highest BCUT2D eigenvalue weighted by Crippen LogP contribution is 2.27. The third-order valence-electron chi connectivity index (χ3n) is 3.84. The lowest BCUT2D eigenvalue weighted by atomic mass is 10.2. The minimum atomic E-state index is -0.299. The van der Waals surface area contributed by atoms with Gasteiger partial charge in [-0.1, -0.05) is 35.9 Å². The fourth-order valence-corrected chi connectivity index (χ4v) is 2.67. The van der Waals surface area contributed by atoms with Crippen molar-refractivity contribution in [2.45, 2.75) is 0 Å². The van der Waals surface area contributed by atoms with Crippen LogP contribution in [0.25, 0.3) is 0 Å². The van der Waals surface area contributed by atoms with E-state index in [-0.39, 0.29) is 12.5 Å². The Hall–Kier alpha value is -3.51. The fraction of sp³-hybridized carbons (Fsp3) is 0.0909. The number of hydrogen-bond acceptors (Lipinski definition) is 5. The number of rotatable bonds is 8. The van der Waals surface area contributed by atoms with E-state index < -0.39 is 0 Å². The predicted molar refractivity (Wildman–Crippen MR) is 116 cm³/mol. The second kappa shape index (κ2) is 10.1. The number of benzene rings is 3. The Morgan fingerprint density at radius 2 is 1.79 bits per heavy atom. The van der Waals surface area contributed by atoms with Crippen LogP contribution in [0.2, 0.25) is 5.02 Å². The summed E-state index contributed by atoms with van der Waals surface area (Å²) in [6.07, 6.45) is 1.67. The van der Waals surface area contributed by atoms with Crippen LogP contribution < -0.4 is 20.2 Å². The standard InChI is InChI=1S/C22H20ClN3O3/c1-28-21-12-16(14-24-26-18-7-3-2-4-8-18)10-11-20(21)29-15-22(27)25-19-9-5-6-17(23)13-19/h2-14,26H,15H2,1H3,(H,25,27)/b24-14+. The van der Waals surface area contributed by atoms with Crippen LogP contribution >= 0.6 is 11.6 Å². The van der Waals surface area contributed by atoms with Gasteiger partial charge in [0.05, 0.1) is 19.0 Å². The number of ether oxygens (including phenoxy) is 2. The van der Waals surface area contributed by atoms with E-state index in [4.69, 9.17) is 21.1 Å². The molecule has 6 nitrogen and oxygen atoms in total. The number of anilines is 2. The van der Waals surface area contributed by atoms with Gasteiger partial charge in [0.25, 0.3) is 5.91 Å². The zero-order valence-electron chi connectivity index (χ0n) is 15.8. The van der Waals surface area contributed by atoms with E-state index in [2.05, 4.69) is 15.8 Å². The molecule has 0 heterocycles. The lowest BCUT2D eigenvalue weighted by molar-refractivity contribution is -0.118. The molecule has 0 bridgehead atoms. The van der Waals surface area contributed by atoms with Crippen molar-refractivity contribution in [3.63, 3.8) is 0 Å². The number of hydrazone groups is 1. The Bertz CT molecular complexity index is 994. The number of carbonyl (C=O) groups is 1. The van der Waals surface area contributed by atoms with Crippen LogP contribution in [0.5, 0.6) is 11.5 Å². The van der Waals surface area contributed by atoms with Gasteiger partial charge in [0.15, 0.2) is 18.1 Å². The highest BCUT2D eigenvalue weighted by molar-refractivity contribution is 6.30. The predicted octanol–water partition coefficient (Wildman–Crippen LogP) is 4.81. The third kappa shape index (κ3) is 6.26. The molecule has 0 aliphatic rings. The van der Waals surface area contributed by atoms with E-state index >= 15 is 0 Å². The monoisotopic (exact) mass is 409 g/mol.